The Kier molecular flexibility index (Phi) is 2.48. The molecule has 1 aliphatic heterocycles. The second-order valence-electron chi connectivity index (χ2n) is 3.88. The lowest BCUT2D eigenvalue weighted by atomic mass is 10.0. The van der Waals surface area contributed by atoms with Gasteiger partial charge in [-0.1, -0.05) is 30.3 Å². The topological polar surface area (TPSA) is 64.8 Å². The van der Waals surface area contributed by atoms with Gasteiger partial charge in [-0.15, -0.1) is 0 Å². The molecule has 3 rings (SSSR count). The van der Waals surface area contributed by atoms with Gasteiger partial charge in [0.15, 0.2) is 12.0 Å². The van der Waals surface area contributed by atoms with Crippen LogP contribution in [0.2, 0.25) is 0 Å². The van der Waals surface area contributed by atoms with E-state index in [1.54, 1.807) is 24.3 Å². The Labute approximate surface area is 103 Å². The van der Waals surface area contributed by atoms with Crippen LogP contribution in [-0.4, -0.2) is 28.0 Å². The minimum atomic E-state index is -2.62. The normalized spacial score (nSPS) is 21.9. The van der Waals surface area contributed by atoms with Gasteiger partial charge < -0.3 is 0 Å². The maximum absolute atomic E-state index is 14.0. The molecule has 2 heterocycles. The summed E-state index contributed by atoms with van der Waals surface area (Å²) in [6.07, 6.45) is -0.501. The smallest absolute Gasteiger partial charge is 0.219 e. The van der Waals surface area contributed by atoms with E-state index in [9.17, 15) is 12.8 Å². The fourth-order valence-corrected chi connectivity index (χ4v) is 2.83. The zero-order chi connectivity index (χ0) is 12.7. The molecule has 92 valence electrons. The van der Waals surface area contributed by atoms with E-state index in [4.69, 9.17) is 0 Å². The highest BCUT2D eigenvalue weighted by Crippen LogP contribution is 2.35. The number of aromatic nitrogens is 3. The molecule has 1 aliphatic rings. The molecule has 1 aromatic heterocycles. The van der Waals surface area contributed by atoms with Gasteiger partial charge in [-0.3, -0.25) is 0 Å². The summed E-state index contributed by atoms with van der Waals surface area (Å²) in [7, 11) is -2.62. The van der Waals surface area contributed by atoms with Gasteiger partial charge in [0.05, 0.1) is 0 Å². The maximum Gasteiger partial charge on any atom is 0.219 e. The van der Waals surface area contributed by atoms with Crippen molar-refractivity contribution in [2.24, 2.45) is 0 Å². The first-order valence-electron chi connectivity index (χ1n) is 5.24. The third-order valence-electron chi connectivity index (χ3n) is 2.90. The minimum Gasteiger partial charge on any atom is -0.234 e. The first-order chi connectivity index (χ1) is 8.70. The van der Waals surface area contributed by atoms with E-state index in [-0.39, 0.29) is 10.7 Å². The number of hydrogen-bond acceptors (Lipinski definition) is 4. The molecule has 0 N–H and O–H groups in total. The van der Waals surface area contributed by atoms with Gasteiger partial charge in [0.2, 0.25) is 10.3 Å². The summed E-state index contributed by atoms with van der Waals surface area (Å²) >= 11 is 0. The van der Waals surface area contributed by atoms with E-state index in [0.717, 1.165) is 0 Å². The van der Waals surface area contributed by atoms with E-state index in [0.29, 0.717) is 5.56 Å². The molecule has 2 aromatic rings. The summed E-state index contributed by atoms with van der Waals surface area (Å²) in [5.74, 6) is 0.0306. The van der Waals surface area contributed by atoms with Crippen LogP contribution in [0.3, 0.4) is 0 Å². The fourth-order valence-electron chi connectivity index (χ4n) is 2.14. The van der Waals surface area contributed by atoms with Crippen molar-refractivity contribution in [2.75, 3.05) is 0 Å². The number of halogens is 1. The van der Waals surface area contributed by atoms with Crippen molar-refractivity contribution in [3.05, 3.63) is 48.0 Å². The highest BCUT2D eigenvalue weighted by Gasteiger charge is 2.41. The van der Waals surface area contributed by atoms with Crippen molar-refractivity contribution in [2.45, 2.75) is 12.2 Å². The predicted molar refractivity (Wildman–Crippen MR) is 62.4 cm³/mol. The van der Waals surface area contributed by atoms with Crippen LogP contribution in [0.25, 0.3) is 0 Å². The molecule has 2 atom stereocenters. The zero-order valence-electron chi connectivity index (χ0n) is 9.06. The zero-order valence-corrected chi connectivity index (χ0v) is 9.88. The van der Waals surface area contributed by atoms with Gasteiger partial charge in [0.1, 0.15) is 17.2 Å². The molecular formula is C11H8FN3O2S. The van der Waals surface area contributed by atoms with Gasteiger partial charge in [-0.2, -0.15) is 13.5 Å². The van der Waals surface area contributed by atoms with E-state index in [1.807, 2.05) is 6.07 Å². The summed E-state index contributed by atoms with van der Waals surface area (Å²) in [6.45, 7) is 0. The van der Waals surface area contributed by atoms with Crippen molar-refractivity contribution < 1.29 is 12.8 Å². The number of rotatable bonds is 1. The summed E-state index contributed by atoms with van der Waals surface area (Å²) in [4.78, 5) is 3.53. The molecule has 2 unspecified atom stereocenters. The van der Waals surface area contributed by atoms with Gasteiger partial charge in [-0.25, -0.2) is 14.1 Å². The summed E-state index contributed by atoms with van der Waals surface area (Å²) in [5, 5.41) is 3.91. The average Bonchev–Trinajstić information content (AvgIpc) is 2.92. The van der Waals surface area contributed by atoms with Crippen LogP contribution in [0.1, 0.15) is 23.6 Å². The second kappa shape index (κ2) is 4.02. The molecule has 0 fully saturated rings. The lowest BCUT2D eigenvalue weighted by Crippen LogP contribution is -2.16. The monoisotopic (exact) mass is 265 g/mol. The molecule has 0 saturated carbocycles. The van der Waals surface area contributed by atoms with Crippen molar-refractivity contribution in [1.29, 1.82) is 0 Å². The Morgan fingerprint density at radius 3 is 2.61 bits per heavy atom. The largest absolute Gasteiger partial charge is 0.234 e. The highest BCUT2D eigenvalue weighted by atomic mass is 32.2. The highest BCUT2D eigenvalue weighted by molar-refractivity contribution is 7.73. The average molecular weight is 265 g/mol. The maximum atomic E-state index is 14.0. The van der Waals surface area contributed by atoms with Gasteiger partial charge in [0, 0.05) is 0 Å². The molecule has 0 radical (unpaired) electrons. The summed E-state index contributed by atoms with van der Waals surface area (Å²) in [5.41, 5.74) is 0.670. The lowest BCUT2D eigenvalue weighted by molar-refractivity contribution is 0.430. The first kappa shape index (κ1) is 11.1. The molecule has 7 heteroatoms. The van der Waals surface area contributed by atoms with E-state index < -0.39 is 22.5 Å². The first-order valence-corrected chi connectivity index (χ1v) is 6.32. The summed E-state index contributed by atoms with van der Waals surface area (Å²) < 4.78 is 37.8. The van der Waals surface area contributed by atoms with Gasteiger partial charge in [0.25, 0.3) is 0 Å². The minimum absolute atomic E-state index is 0.0306. The van der Waals surface area contributed by atoms with Crippen molar-refractivity contribution in [1.82, 2.24) is 14.8 Å². The molecule has 0 saturated heterocycles. The third kappa shape index (κ3) is 1.47. The van der Waals surface area contributed by atoms with Crippen LogP contribution in [0, 0.1) is 0 Å². The molecule has 5 nitrogen and oxygen atoms in total. The Hall–Kier alpha value is -2.02. The SMILES string of the molecule is O=S(=O)=C1C(F)c2ncnn2C1c1ccccc1. The number of nitrogens with zero attached hydrogens (tertiary/aromatic N) is 3. The predicted octanol–water partition coefficient (Wildman–Crippen LogP) is 0.943. The molecule has 18 heavy (non-hydrogen) atoms. The number of hydrogen-bond donors (Lipinski definition) is 0. The lowest BCUT2D eigenvalue weighted by Gasteiger charge is -2.11. The Morgan fingerprint density at radius 1 is 1.22 bits per heavy atom. The Balaban J connectivity index is 2.27. The number of alkyl halides is 1. The fraction of sp³-hybridized carbons (Fsp3) is 0.182. The molecule has 0 aliphatic carbocycles. The van der Waals surface area contributed by atoms with E-state index >= 15 is 0 Å². The quantitative estimate of drug-likeness (QED) is 0.720. The molecule has 0 amide bonds. The molecule has 0 bridgehead atoms. The van der Waals surface area contributed by atoms with Crippen LogP contribution in [0.15, 0.2) is 36.7 Å². The van der Waals surface area contributed by atoms with Crippen LogP contribution >= 0.6 is 0 Å². The number of fused-ring (bicyclic) bond motifs is 1. The van der Waals surface area contributed by atoms with Crippen LogP contribution in [0.5, 0.6) is 0 Å². The molecular weight excluding hydrogens is 257 g/mol. The summed E-state index contributed by atoms with van der Waals surface area (Å²) in [6, 6.07) is 8.08. The molecule has 1 aromatic carbocycles. The number of benzene rings is 1. The van der Waals surface area contributed by atoms with Crippen molar-refractivity contribution in [3.63, 3.8) is 0 Å². The van der Waals surface area contributed by atoms with Crippen LogP contribution in [-0.2, 0) is 10.3 Å². The Morgan fingerprint density at radius 2 is 1.94 bits per heavy atom. The third-order valence-corrected chi connectivity index (χ3v) is 3.71. The van der Waals surface area contributed by atoms with Crippen molar-refractivity contribution >= 4 is 15.2 Å². The van der Waals surface area contributed by atoms with E-state index in [2.05, 4.69) is 10.1 Å². The van der Waals surface area contributed by atoms with Crippen LogP contribution < -0.4 is 0 Å². The second-order valence-corrected chi connectivity index (χ2v) is 4.82. The van der Waals surface area contributed by atoms with Crippen molar-refractivity contribution in [3.8, 4) is 0 Å². The van der Waals surface area contributed by atoms with Crippen LogP contribution in [0.4, 0.5) is 4.39 Å². The Bertz CT molecular complexity index is 716. The van der Waals surface area contributed by atoms with E-state index in [1.165, 1.54) is 11.0 Å². The standard InChI is InChI=1S/C11H8FN3O2S/c12-8-10(18(16)17)9(7-4-2-1-3-5-7)15-11(8)13-6-14-15/h1-6,8-9H. The molecule has 0 spiro atoms. The van der Waals surface area contributed by atoms with Gasteiger partial charge in [-0.05, 0) is 5.56 Å². The van der Waals surface area contributed by atoms with Gasteiger partial charge >= 0.3 is 0 Å².